The van der Waals surface area contributed by atoms with E-state index in [1.807, 2.05) is 35.2 Å². The highest BCUT2D eigenvalue weighted by molar-refractivity contribution is 5.95. The number of rotatable bonds is 6. The first-order chi connectivity index (χ1) is 13.1. The lowest BCUT2D eigenvalue weighted by atomic mass is 9.96. The molecule has 0 radical (unpaired) electrons. The molecule has 2 aromatic rings. The highest BCUT2D eigenvalue weighted by Gasteiger charge is 2.27. The van der Waals surface area contributed by atoms with Crippen LogP contribution in [0, 0.1) is 0 Å². The summed E-state index contributed by atoms with van der Waals surface area (Å²) in [7, 11) is 4.77. The molecule has 0 N–H and O–H groups in total. The molecule has 0 fully saturated rings. The Morgan fingerprint density at radius 1 is 1.07 bits per heavy atom. The number of para-hydroxylation sites is 1. The van der Waals surface area contributed by atoms with Gasteiger partial charge >= 0.3 is 0 Å². The number of nitrogens with zero attached hydrogens (tertiary/aromatic N) is 1. The molecule has 5 nitrogen and oxygen atoms in total. The summed E-state index contributed by atoms with van der Waals surface area (Å²) in [5.74, 6) is 1.92. The third kappa shape index (κ3) is 3.87. The van der Waals surface area contributed by atoms with Gasteiger partial charge in [0.25, 0.3) is 0 Å². The van der Waals surface area contributed by atoms with Crippen molar-refractivity contribution in [2.24, 2.45) is 0 Å². The van der Waals surface area contributed by atoms with E-state index in [1.54, 1.807) is 21.3 Å². The van der Waals surface area contributed by atoms with E-state index in [0.29, 0.717) is 30.1 Å². The molecule has 0 spiro atoms. The zero-order valence-electron chi connectivity index (χ0n) is 16.5. The summed E-state index contributed by atoms with van der Waals surface area (Å²) in [6, 6.07) is 12.2. The molecule has 1 aliphatic rings. The molecule has 1 heterocycles. The standard InChI is InChI=1S/C22H27NO4/c1-15-9-11-17-7-5-6-8-18(17)23(15)21(24)12-10-16-13-19(25-2)22(27-4)20(14-16)26-3/h5-8,13-15H,9-12H2,1-4H3. The topological polar surface area (TPSA) is 48.0 Å². The van der Waals surface area contributed by atoms with Gasteiger partial charge in [0.1, 0.15) is 0 Å². The van der Waals surface area contributed by atoms with E-state index in [9.17, 15) is 4.79 Å². The number of anilines is 1. The summed E-state index contributed by atoms with van der Waals surface area (Å²) in [5.41, 5.74) is 3.28. The fourth-order valence-corrected chi connectivity index (χ4v) is 3.72. The predicted molar refractivity (Wildman–Crippen MR) is 106 cm³/mol. The maximum absolute atomic E-state index is 13.0. The summed E-state index contributed by atoms with van der Waals surface area (Å²) < 4.78 is 16.2. The van der Waals surface area contributed by atoms with Gasteiger partial charge in [-0.05, 0) is 55.5 Å². The van der Waals surface area contributed by atoms with Gasteiger partial charge in [-0.2, -0.15) is 0 Å². The molecule has 27 heavy (non-hydrogen) atoms. The minimum absolute atomic E-state index is 0.142. The molecule has 3 rings (SSSR count). The second-order valence-electron chi connectivity index (χ2n) is 6.81. The lowest BCUT2D eigenvalue weighted by Crippen LogP contribution is -2.42. The first-order valence-corrected chi connectivity index (χ1v) is 9.27. The number of carbonyl (C=O) groups is 1. The minimum Gasteiger partial charge on any atom is -0.493 e. The van der Waals surface area contributed by atoms with Crippen LogP contribution in [0.4, 0.5) is 5.69 Å². The van der Waals surface area contributed by atoms with Crippen LogP contribution < -0.4 is 19.1 Å². The minimum atomic E-state index is 0.142. The molecule has 0 bridgehead atoms. The third-order valence-electron chi connectivity index (χ3n) is 5.14. The van der Waals surface area contributed by atoms with Crippen LogP contribution >= 0.6 is 0 Å². The van der Waals surface area contributed by atoms with Gasteiger partial charge in [-0.25, -0.2) is 0 Å². The van der Waals surface area contributed by atoms with Gasteiger partial charge in [0, 0.05) is 18.2 Å². The van der Waals surface area contributed by atoms with Crippen molar-refractivity contribution in [3.05, 3.63) is 47.5 Å². The quantitative estimate of drug-likeness (QED) is 0.772. The maximum atomic E-state index is 13.0. The Bertz CT molecular complexity index is 793. The zero-order valence-corrected chi connectivity index (χ0v) is 16.5. The van der Waals surface area contributed by atoms with Crippen LogP contribution in [0.3, 0.4) is 0 Å². The molecule has 0 aromatic heterocycles. The molecule has 2 aromatic carbocycles. The van der Waals surface area contributed by atoms with Gasteiger partial charge < -0.3 is 19.1 Å². The van der Waals surface area contributed by atoms with Crippen molar-refractivity contribution in [2.45, 2.75) is 38.6 Å². The van der Waals surface area contributed by atoms with E-state index in [2.05, 4.69) is 13.0 Å². The number of hydrogen-bond acceptors (Lipinski definition) is 4. The molecule has 144 valence electrons. The van der Waals surface area contributed by atoms with Crippen molar-refractivity contribution in [3.63, 3.8) is 0 Å². The van der Waals surface area contributed by atoms with E-state index < -0.39 is 0 Å². The van der Waals surface area contributed by atoms with Gasteiger partial charge in [0.15, 0.2) is 11.5 Å². The molecule has 5 heteroatoms. The predicted octanol–water partition coefficient (Wildman–Crippen LogP) is 4.01. The Kier molecular flexibility index (Phi) is 5.89. The molecule has 0 saturated heterocycles. The van der Waals surface area contributed by atoms with Crippen LogP contribution in [0.2, 0.25) is 0 Å². The Balaban J connectivity index is 1.78. The summed E-state index contributed by atoms with van der Waals surface area (Å²) in [5, 5.41) is 0. The lowest BCUT2D eigenvalue weighted by Gasteiger charge is -2.35. The molecule has 0 aliphatic carbocycles. The Labute approximate surface area is 160 Å². The van der Waals surface area contributed by atoms with E-state index >= 15 is 0 Å². The van der Waals surface area contributed by atoms with Crippen molar-refractivity contribution in [3.8, 4) is 17.2 Å². The molecular weight excluding hydrogens is 342 g/mol. The number of carbonyl (C=O) groups excluding carboxylic acids is 1. The SMILES string of the molecule is COc1cc(CCC(=O)N2c3ccccc3CCC2C)cc(OC)c1OC. The third-order valence-corrected chi connectivity index (χ3v) is 5.14. The van der Waals surface area contributed by atoms with Crippen LogP contribution in [0.1, 0.15) is 30.9 Å². The van der Waals surface area contributed by atoms with Crippen molar-refractivity contribution in [2.75, 3.05) is 26.2 Å². The van der Waals surface area contributed by atoms with Crippen LogP contribution in [0.5, 0.6) is 17.2 Å². The molecule has 1 unspecified atom stereocenters. The number of hydrogen-bond donors (Lipinski definition) is 0. The van der Waals surface area contributed by atoms with Crippen LogP contribution in [-0.4, -0.2) is 33.3 Å². The average molecular weight is 369 g/mol. The molecule has 1 aliphatic heterocycles. The van der Waals surface area contributed by atoms with Crippen molar-refractivity contribution >= 4 is 11.6 Å². The second kappa shape index (κ2) is 8.33. The van der Waals surface area contributed by atoms with Gasteiger partial charge in [-0.15, -0.1) is 0 Å². The van der Waals surface area contributed by atoms with E-state index in [-0.39, 0.29) is 11.9 Å². The Hall–Kier alpha value is -2.69. The molecular formula is C22H27NO4. The molecule has 1 amide bonds. The van der Waals surface area contributed by atoms with Crippen LogP contribution in [0.15, 0.2) is 36.4 Å². The van der Waals surface area contributed by atoms with Gasteiger partial charge in [0.05, 0.1) is 21.3 Å². The van der Waals surface area contributed by atoms with Crippen LogP contribution in [-0.2, 0) is 17.6 Å². The molecule has 0 saturated carbocycles. The van der Waals surface area contributed by atoms with Gasteiger partial charge in [-0.3, -0.25) is 4.79 Å². The van der Waals surface area contributed by atoms with E-state index in [4.69, 9.17) is 14.2 Å². The first-order valence-electron chi connectivity index (χ1n) is 9.27. The molecule has 1 atom stereocenters. The number of methoxy groups -OCH3 is 3. The lowest BCUT2D eigenvalue weighted by molar-refractivity contribution is -0.119. The van der Waals surface area contributed by atoms with Crippen molar-refractivity contribution in [1.29, 1.82) is 0 Å². The summed E-state index contributed by atoms with van der Waals surface area (Å²) >= 11 is 0. The first kappa shape index (κ1) is 19.1. The van der Waals surface area contributed by atoms with E-state index in [0.717, 1.165) is 24.1 Å². The summed E-state index contributed by atoms with van der Waals surface area (Å²) in [4.78, 5) is 15.0. The average Bonchev–Trinajstić information content (AvgIpc) is 2.70. The zero-order chi connectivity index (χ0) is 19.4. The number of fused-ring (bicyclic) bond motifs is 1. The normalized spacial score (nSPS) is 15.9. The number of aryl methyl sites for hydroxylation is 2. The summed E-state index contributed by atoms with van der Waals surface area (Å²) in [6.45, 7) is 2.12. The second-order valence-corrected chi connectivity index (χ2v) is 6.81. The Morgan fingerprint density at radius 2 is 1.74 bits per heavy atom. The fourth-order valence-electron chi connectivity index (χ4n) is 3.72. The number of amides is 1. The van der Waals surface area contributed by atoms with Gasteiger partial charge in [0.2, 0.25) is 11.7 Å². The Morgan fingerprint density at radius 3 is 2.37 bits per heavy atom. The monoisotopic (exact) mass is 369 g/mol. The van der Waals surface area contributed by atoms with E-state index in [1.165, 1.54) is 5.56 Å². The summed E-state index contributed by atoms with van der Waals surface area (Å²) in [6.07, 6.45) is 3.05. The highest BCUT2D eigenvalue weighted by Crippen LogP contribution is 2.38. The smallest absolute Gasteiger partial charge is 0.227 e. The largest absolute Gasteiger partial charge is 0.493 e. The highest BCUT2D eigenvalue weighted by atomic mass is 16.5. The number of benzene rings is 2. The van der Waals surface area contributed by atoms with Gasteiger partial charge in [-0.1, -0.05) is 18.2 Å². The number of ether oxygens (including phenoxy) is 3. The maximum Gasteiger partial charge on any atom is 0.227 e. The van der Waals surface area contributed by atoms with Crippen LogP contribution in [0.25, 0.3) is 0 Å². The van der Waals surface area contributed by atoms with Crippen molar-refractivity contribution in [1.82, 2.24) is 0 Å². The van der Waals surface area contributed by atoms with Crippen molar-refractivity contribution < 1.29 is 19.0 Å². The fraction of sp³-hybridized carbons (Fsp3) is 0.409.